The van der Waals surface area contributed by atoms with E-state index < -0.39 is 0 Å². The van der Waals surface area contributed by atoms with Crippen molar-refractivity contribution >= 4 is 11.7 Å². The van der Waals surface area contributed by atoms with Crippen molar-refractivity contribution in [1.82, 2.24) is 20.1 Å². The predicted octanol–water partition coefficient (Wildman–Crippen LogP) is 3.16. The summed E-state index contributed by atoms with van der Waals surface area (Å²) in [6, 6.07) is 9.73. The average Bonchev–Trinajstić information content (AvgIpc) is 2.75. The van der Waals surface area contributed by atoms with Gasteiger partial charge in [-0.15, -0.1) is 10.2 Å². The predicted molar refractivity (Wildman–Crippen MR) is 105 cm³/mol. The molecule has 2 aliphatic rings. The molecule has 1 amide bonds. The van der Waals surface area contributed by atoms with Gasteiger partial charge in [-0.3, -0.25) is 9.78 Å². The Labute approximate surface area is 160 Å². The summed E-state index contributed by atoms with van der Waals surface area (Å²) >= 11 is 0. The van der Waals surface area contributed by atoms with Crippen LogP contribution in [0.25, 0.3) is 11.4 Å². The number of pyridine rings is 1. The Balaban J connectivity index is 1.30. The molecule has 0 bridgehead atoms. The van der Waals surface area contributed by atoms with Crippen molar-refractivity contribution in [2.75, 3.05) is 31.1 Å². The van der Waals surface area contributed by atoms with Gasteiger partial charge in [0, 0.05) is 38.8 Å². The molecule has 2 fully saturated rings. The highest BCUT2D eigenvalue weighted by Gasteiger charge is 2.25. The molecule has 0 spiro atoms. The van der Waals surface area contributed by atoms with Crippen LogP contribution in [0.15, 0.2) is 36.5 Å². The Morgan fingerprint density at radius 2 is 1.74 bits per heavy atom. The highest BCUT2D eigenvalue weighted by Crippen LogP contribution is 2.27. The minimum absolute atomic E-state index is 0.332. The zero-order valence-corrected chi connectivity index (χ0v) is 15.8. The van der Waals surface area contributed by atoms with Gasteiger partial charge in [0.1, 0.15) is 5.69 Å². The second kappa shape index (κ2) is 8.46. The van der Waals surface area contributed by atoms with E-state index in [1.165, 1.54) is 32.1 Å². The standard InChI is InChI=1S/C21H27N5O/c27-21(16-17-6-2-1-3-7-17)26-14-12-25(13-15-26)20-10-9-19(23-24-20)18-8-4-5-11-22-18/h4-5,8-11,17H,1-3,6-7,12-16H2. The van der Waals surface area contributed by atoms with Gasteiger partial charge in [0.05, 0.1) is 5.69 Å². The number of rotatable bonds is 4. The number of anilines is 1. The monoisotopic (exact) mass is 365 g/mol. The summed E-state index contributed by atoms with van der Waals surface area (Å²) in [6.45, 7) is 3.17. The quantitative estimate of drug-likeness (QED) is 0.833. The normalized spacial score (nSPS) is 18.5. The van der Waals surface area contributed by atoms with E-state index in [9.17, 15) is 4.79 Å². The lowest BCUT2D eigenvalue weighted by molar-refractivity contribution is -0.132. The summed E-state index contributed by atoms with van der Waals surface area (Å²) in [4.78, 5) is 21.1. The van der Waals surface area contributed by atoms with Crippen LogP contribution < -0.4 is 4.90 Å². The molecule has 6 nitrogen and oxygen atoms in total. The summed E-state index contributed by atoms with van der Waals surface area (Å²) in [5.74, 6) is 1.81. The third kappa shape index (κ3) is 4.43. The Kier molecular flexibility index (Phi) is 5.61. The van der Waals surface area contributed by atoms with Crippen LogP contribution in [-0.2, 0) is 4.79 Å². The van der Waals surface area contributed by atoms with Crippen molar-refractivity contribution in [3.63, 3.8) is 0 Å². The van der Waals surface area contributed by atoms with Gasteiger partial charge in [0.25, 0.3) is 0 Å². The SMILES string of the molecule is O=C(CC1CCCCC1)N1CCN(c2ccc(-c3ccccn3)nn2)CC1. The fraction of sp³-hybridized carbons (Fsp3) is 0.524. The van der Waals surface area contributed by atoms with Gasteiger partial charge >= 0.3 is 0 Å². The van der Waals surface area contributed by atoms with E-state index in [4.69, 9.17) is 0 Å². The fourth-order valence-corrected chi connectivity index (χ4v) is 4.10. The summed E-state index contributed by atoms with van der Waals surface area (Å²) in [5, 5.41) is 8.70. The molecule has 27 heavy (non-hydrogen) atoms. The molecular formula is C21H27N5O. The minimum Gasteiger partial charge on any atom is -0.352 e. The van der Waals surface area contributed by atoms with E-state index in [1.807, 2.05) is 35.2 Å². The van der Waals surface area contributed by atoms with E-state index in [2.05, 4.69) is 20.1 Å². The van der Waals surface area contributed by atoms with Crippen molar-refractivity contribution in [1.29, 1.82) is 0 Å². The number of hydrogen-bond acceptors (Lipinski definition) is 5. The van der Waals surface area contributed by atoms with E-state index in [0.29, 0.717) is 11.8 Å². The Hall–Kier alpha value is -2.50. The molecule has 1 saturated carbocycles. The third-order valence-electron chi connectivity index (χ3n) is 5.72. The summed E-state index contributed by atoms with van der Waals surface area (Å²) < 4.78 is 0. The maximum absolute atomic E-state index is 12.6. The van der Waals surface area contributed by atoms with Crippen molar-refractivity contribution in [2.45, 2.75) is 38.5 Å². The Morgan fingerprint density at radius 1 is 0.926 bits per heavy atom. The highest BCUT2D eigenvalue weighted by molar-refractivity contribution is 5.76. The summed E-state index contributed by atoms with van der Waals surface area (Å²) in [6.07, 6.45) is 8.86. The van der Waals surface area contributed by atoms with Crippen LogP contribution in [-0.4, -0.2) is 52.2 Å². The van der Waals surface area contributed by atoms with Crippen LogP contribution in [0, 0.1) is 5.92 Å². The Bertz CT molecular complexity index is 735. The van der Waals surface area contributed by atoms with Crippen molar-refractivity contribution in [3.05, 3.63) is 36.5 Å². The lowest BCUT2D eigenvalue weighted by Gasteiger charge is -2.36. The number of piperazine rings is 1. The van der Waals surface area contributed by atoms with Gasteiger partial charge < -0.3 is 9.80 Å². The zero-order valence-electron chi connectivity index (χ0n) is 15.8. The summed E-state index contributed by atoms with van der Waals surface area (Å²) in [7, 11) is 0. The van der Waals surface area contributed by atoms with Gasteiger partial charge in [0.15, 0.2) is 5.82 Å². The first-order valence-electron chi connectivity index (χ1n) is 10.1. The van der Waals surface area contributed by atoms with Crippen LogP contribution in [0.4, 0.5) is 5.82 Å². The minimum atomic E-state index is 0.332. The lowest BCUT2D eigenvalue weighted by Crippen LogP contribution is -2.49. The topological polar surface area (TPSA) is 62.2 Å². The molecule has 0 aromatic carbocycles. The molecule has 0 N–H and O–H groups in total. The number of carbonyl (C=O) groups is 1. The van der Waals surface area contributed by atoms with Crippen LogP contribution in [0.2, 0.25) is 0 Å². The highest BCUT2D eigenvalue weighted by atomic mass is 16.2. The molecule has 4 rings (SSSR count). The lowest BCUT2D eigenvalue weighted by atomic mass is 9.86. The number of nitrogens with zero attached hydrogens (tertiary/aromatic N) is 5. The molecule has 1 saturated heterocycles. The first kappa shape index (κ1) is 17.9. The molecule has 6 heteroatoms. The molecule has 3 heterocycles. The first-order chi connectivity index (χ1) is 13.3. The maximum atomic E-state index is 12.6. The Morgan fingerprint density at radius 3 is 2.41 bits per heavy atom. The molecule has 2 aromatic rings. The molecule has 0 unspecified atom stereocenters. The first-order valence-corrected chi connectivity index (χ1v) is 10.1. The number of aromatic nitrogens is 3. The second-order valence-corrected chi connectivity index (χ2v) is 7.57. The summed E-state index contributed by atoms with van der Waals surface area (Å²) in [5.41, 5.74) is 1.61. The van der Waals surface area contributed by atoms with Gasteiger partial charge in [-0.2, -0.15) is 0 Å². The molecule has 0 radical (unpaired) electrons. The van der Waals surface area contributed by atoms with Gasteiger partial charge in [0.2, 0.25) is 5.91 Å². The number of carbonyl (C=O) groups excluding carboxylic acids is 1. The van der Waals surface area contributed by atoms with Crippen LogP contribution in [0.5, 0.6) is 0 Å². The smallest absolute Gasteiger partial charge is 0.222 e. The number of hydrogen-bond donors (Lipinski definition) is 0. The zero-order chi connectivity index (χ0) is 18.5. The van der Waals surface area contributed by atoms with E-state index in [-0.39, 0.29) is 0 Å². The van der Waals surface area contributed by atoms with E-state index >= 15 is 0 Å². The van der Waals surface area contributed by atoms with Crippen LogP contribution >= 0.6 is 0 Å². The third-order valence-corrected chi connectivity index (χ3v) is 5.72. The average molecular weight is 365 g/mol. The van der Waals surface area contributed by atoms with Gasteiger partial charge in [-0.05, 0) is 43.0 Å². The fourth-order valence-electron chi connectivity index (χ4n) is 4.10. The number of amides is 1. The molecule has 1 aliphatic carbocycles. The molecular weight excluding hydrogens is 338 g/mol. The second-order valence-electron chi connectivity index (χ2n) is 7.57. The molecule has 142 valence electrons. The molecule has 1 aliphatic heterocycles. The van der Waals surface area contributed by atoms with Crippen molar-refractivity contribution in [2.24, 2.45) is 5.92 Å². The van der Waals surface area contributed by atoms with E-state index in [0.717, 1.165) is 49.8 Å². The molecule has 2 aromatic heterocycles. The van der Waals surface area contributed by atoms with Crippen molar-refractivity contribution in [3.8, 4) is 11.4 Å². The largest absolute Gasteiger partial charge is 0.352 e. The van der Waals surface area contributed by atoms with Gasteiger partial charge in [-0.1, -0.05) is 25.3 Å². The van der Waals surface area contributed by atoms with E-state index in [1.54, 1.807) is 6.20 Å². The molecule has 0 atom stereocenters. The van der Waals surface area contributed by atoms with Crippen molar-refractivity contribution < 1.29 is 4.79 Å². The maximum Gasteiger partial charge on any atom is 0.222 e. The van der Waals surface area contributed by atoms with Crippen LogP contribution in [0.1, 0.15) is 38.5 Å². The van der Waals surface area contributed by atoms with Crippen LogP contribution in [0.3, 0.4) is 0 Å². The van der Waals surface area contributed by atoms with Gasteiger partial charge in [-0.25, -0.2) is 0 Å².